The summed E-state index contributed by atoms with van der Waals surface area (Å²) in [7, 11) is 5.68. The van der Waals surface area contributed by atoms with Crippen molar-refractivity contribution in [2.75, 3.05) is 108 Å². The maximum absolute atomic E-state index is 12.9. The van der Waals surface area contributed by atoms with E-state index in [1.807, 2.05) is 44.7 Å². The minimum Gasteiger partial charge on any atom is -1.00 e. The van der Waals surface area contributed by atoms with Crippen LogP contribution in [-0.4, -0.2) is 196 Å². The molecule has 4 heterocycles. The van der Waals surface area contributed by atoms with Gasteiger partial charge in [-0.3, -0.25) is 43.4 Å². The number of nitrogens with one attached hydrogen (secondary N) is 12. The van der Waals surface area contributed by atoms with Crippen LogP contribution in [0, 0.1) is 0 Å². The molecule has 6 unspecified atom stereocenters. The molecule has 0 saturated carbocycles. The minimum absolute atomic E-state index is 0. The van der Waals surface area contributed by atoms with E-state index in [2.05, 4.69) is 73.2 Å². The van der Waals surface area contributed by atoms with Crippen LogP contribution in [0.25, 0.3) is 0 Å². The molecule has 32 heteroatoms. The van der Waals surface area contributed by atoms with Crippen molar-refractivity contribution in [1.82, 2.24) is 53.2 Å². The summed E-state index contributed by atoms with van der Waals surface area (Å²) in [6, 6.07) is 9.40. The number of fused-ring (bicyclic) bond motifs is 2. The van der Waals surface area contributed by atoms with Crippen molar-refractivity contribution in [3.8, 4) is 0 Å². The summed E-state index contributed by atoms with van der Waals surface area (Å²) in [6.07, 6.45) is 8.33. The molecule has 2 aromatic rings. The fourth-order valence-electron chi connectivity index (χ4n) is 9.63. The second kappa shape index (κ2) is 39.5. The number of quaternary nitrogens is 1. The third-order valence-electron chi connectivity index (χ3n) is 13.8. The first-order valence-corrected chi connectivity index (χ1v) is 32.0. The number of rotatable bonds is 36. The fourth-order valence-corrected chi connectivity index (χ4v) is 13.0. The molecule has 4 fully saturated rings. The molecule has 12 amide bonds. The molecule has 28 nitrogen and oxygen atoms in total. The maximum Gasteiger partial charge on any atom is 1.00 e. The van der Waals surface area contributed by atoms with E-state index < -0.39 is 17.7 Å². The molecule has 6 atom stereocenters. The minimum atomic E-state index is -0.546. The average molecular weight is 1280 g/mol. The van der Waals surface area contributed by atoms with Gasteiger partial charge in [-0.15, -0.1) is 0 Å². The molecule has 0 radical (unpaired) electrons. The van der Waals surface area contributed by atoms with Gasteiger partial charge in [0.05, 0.1) is 45.3 Å². The van der Waals surface area contributed by atoms with Crippen molar-refractivity contribution in [3.63, 3.8) is 0 Å². The quantitative estimate of drug-likeness (QED) is 0.00616. The molecule has 87 heavy (non-hydrogen) atoms. The molecule has 6 rings (SSSR count). The Hall–Kier alpha value is -5.45. The smallest absolute Gasteiger partial charge is 1.00 e. The molecule has 2 aromatic carbocycles. The number of amides is 12. The third kappa shape index (κ3) is 27.5. The van der Waals surface area contributed by atoms with Crippen LogP contribution in [0.2, 0.25) is 0 Å². The third-order valence-corrected chi connectivity index (χ3v) is 17.3. The van der Waals surface area contributed by atoms with Crippen molar-refractivity contribution in [1.29, 1.82) is 0 Å². The number of nitrogens with zero attached hydrogens (tertiary/aromatic N) is 1. The number of unbranched alkanes of at least 4 members (excludes halogenated alkanes) is 2. The van der Waals surface area contributed by atoms with E-state index in [-0.39, 0.29) is 144 Å². The number of hydrogen-bond acceptors (Lipinski definition) is 18. The predicted molar refractivity (Wildman–Crippen MR) is 329 cm³/mol. The van der Waals surface area contributed by atoms with E-state index in [4.69, 9.17) is 11.5 Å². The zero-order valence-electron chi connectivity index (χ0n) is 51.0. The Kier molecular flexibility index (Phi) is 33.6. The van der Waals surface area contributed by atoms with Gasteiger partial charge in [0.2, 0.25) is 17.7 Å². The summed E-state index contributed by atoms with van der Waals surface area (Å²) in [5.41, 5.74) is 12.4. The number of anilines is 2. The van der Waals surface area contributed by atoms with E-state index in [1.54, 1.807) is 12.1 Å². The largest absolute Gasteiger partial charge is 1.00 e. The topological polar surface area (TPSA) is 409 Å². The van der Waals surface area contributed by atoms with Gasteiger partial charge in [-0.1, -0.05) is 12.8 Å². The molecule has 16 N–H and O–H groups in total. The second-order valence-corrected chi connectivity index (χ2v) is 25.2. The van der Waals surface area contributed by atoms with Gasteiger partial charge in [-0.05, 0) is 101 Å². The van der Waals surface area contributed by atoms with Crippen LogP contribution in [0.4, 0.5) is 21.0 Å². The Morgan fingerprint density at radius 1 is 0.552 bits per heavy atom. The number of carbonyl (C=O) groups is 10. The van der Waals surface area contributed by atoms with Gasteiger partial charge in [-0.25, -0.2) is 9.59 Å². The van der Waals surface area contributed by atoms with Crippen molar-refractivity contribution in [2.45, 2.75) is 112 Å². The van der Waals surface area contributed by atoms with E-state index in [1.165, 1.54) is 24.3 Å². The zero-order chi connectivity index (χ0) is 62.4. The van der Waals surface area contributed by atoms with E-state index in [0.29, 0.717) is 117 Å². The molecular weight excluding hydrogens is 1200 g/mol. The number of likely N-dealkylation sites (N-methyl/N-ethyl adjacent to an activating group) is 1. The number of benzene rings is 2. The molecule has 0 spiro atoms. The van der Waals surface area contributed by atoms with Gasteiger partial charge in [0.1, 0.15) is 5.75 Å². The van der Waals surface area contributed by atoms with Gasteiger partial charge in [0.25, 0.3) is 29.5 Å². The Labute approximate surface area is 543 Å². The number of nitrogens with two attached hydrogens (primary N) is 2. The molecule has 0 aliphatic carbocycles. The number of hydrogen-bond donors (Lipinski definition) is 14. The Morgan fingerprint density at radius 2 is 0.931 bits per heavy atom. The first kappa shape index (κ1) is 74.0. The van der Waals surface area contributed by atoms with E-state index in [0.717, 1.165) is 50.0 Å². The first-order chi connectivity index (χ1) is 41.2. The Balaban J connectivity index is 0.000000450. The average Bonchev–Trinajstić information content (AvgIpc) is 4.42. The molecule has 4 saturated heterocycles. The summed E-state index contributed by atoms with van der Waals surface area (Å²) < 4.78 is 4.50. The normalized spacial score (nSPS) is 18.7. The zero-order valence-corrected chi connectivity index (χ0v) is 54.5. The Morgan fingerprint density at radius 3 is 1.31 bits per heavy atom. The fraction of sp³-hybridized carbons (Fsp3) is 0.600. The van der Waals surface area contributed by atoms with Gasteiger partial charge in [-0.2, -0.15) is 27.9 Å². The predicted octanol–water partition coefficient (Wildman–Crippen LogP) is -2.97. The van der Waals surface area contributed by atoms with Crippen molar-refractivity contribution >= 4 is 106 Å². The van der Waals surface area contributed by atoms with Crippen molar-refractivity contribution in [3.05, 3.63) is 58.7 Å². The van der Waals surface area contributed by atoms with Crippen molar-refractivity contribution in [2.24, 2.45) is 11.5 Å². The first-order valence-electron chi connectivity index (χ1n) is 29.0. The van der Waals surface area contributed by atoms with E-state index in [9.17, 15) is 53.2 Å². The molecule has 0 bridgehead atoms. The monoisotopic (exact) mass is 1280 g/mol. The Bertz CT molecular complexity index is 2650. The van der Waals surface area contributed by atoms with Crippen molar-refractivity contribution < 1.29 is 98.0 Å². The summed E-state index contributed by atoms with van der Waals surface area (Å²) in [4.78, 5) is 123. The van der Waals surface area contributed by atoms with Crippen LogP contribution >= 0.6 is 35.6 Å². The van der Waals surface area contributed by atoms with Gasteiger partial charge in [0, 0.05) is 120 Å². The maximum atomic E-state index is 12.9. The molecule has 4 aliphatic rings. The summed E-state index contributed by atoms with van der Waals surface area (Å²) in [6.45, 7) is 3.23. The van der Waals surface area contributed by atoms with Crippen LogP contribution in [0.15, 0.2) is 36.4 Å². The summed E-state index contributed by atoms with van der Waals surface area (Å²) in [5.74, 6) is -0.933. The van der Waals surface area contributed by atoms with Crippen LogP contribution in [0.1, 0.15) is 120 Å². The van der Waals surface area contributed by atoms with Gasteiger partial charge in [0.15, 0.2) is 6.54 Å². The number of carbonyl (C=O) groups excluding carboxylic acids is 10. The molecule has 4 aliphatic heterocycles. The van der Waals surface area contributed by atoms with Crippen LogP contribution in [-0.2, 0) is 28.6 Å². The van der Waals surface area contributed by atoms with Gasteiger partial charge >= 0.3 is 41.6 Å². The molecular formula is C55H86N15NaO13S3. The van der Waals surface area contributed by atoms with Crippen LogP contribution in [0.3, 0.4) is 0 Å². The molecule has 478 valence electrons. The van der Waals surface area contributed by atoms with E-state index >= 15 is 0 Å². The number of urea groups is 2. The summed E-state index contributed by atoms with van der Waals surface area (Å²) in [5, 5.41) is 47.8. The summed E-state index contributed by atoms with van der Waals surface area (Å²) >= 11 is 4.21. The van der Waals surface area contributed by atoms with Crippen LogP contribution in [0.5, 0.6) is 0 Å². The standard InChI is InChI=1S/C29H46N8O5S.C26H39N7O8S2.Na.H/c1-37(2,3)17-25(39)34-21-15-19(27(40)32-11-6-10-30)14-20(16-21)28(41)33-13-7-12-31-24(38)9-5-4-8-23-26-22(18-43-23)35-29(42)36-26;27-7-3-8-29-24(36)16-11-17(13-18(12-16)31-22(35)15-43-41-40-39)25(37)30-10-4-9-28-21(34)6-2-1-5-20-23-19(14-42-20)32-26(38)33-23;;/h14-16,22-23,26H,4-13,17-18,30H2,1-3H3,(H5-,31,32,33,34,35,36,38,39,40,41,42);11-13,19-20,23,39H,1-10,14-15,27H2,(H,28,34)(H,29,36)(H,30,37)(H,31,35)(H2,32,33,38);;/q;;+1;-1. The van der Waals surface area contributed by atoms with Crippen LogP contribution < -0.4 is 110 Å². The van der Waals surface area contributed by atoms with Gasteiger partial charge < -0.3 is 86.4 Å². The second-order valence-electron chi connectivity index (χ2n) is 22.0. The molecule has 0 aromatic heterocycles. The number of thioether (sulfide) groups is 2. The SMILES string of the molecule is C[N+](C)(C)CC(=O)Nc1cc(C(=O)NCCCN)cc(C(=O)NCCCNC(=O)CCCCC2SCC3NC(=O)NC32)c1.NCCCNC(=O)c1cc(NC(=O)CSOO[O-])cc(C(=O)NCCCNC(=O)CCCCC2SCC3NC(=O)NC32)c1.[H-].[Na+].